The van der Waals surface area contributed by atoms with Crippen molar-refractivity contribution in [3.05, 3.63) is 45.8 Å². The van der Waals surface area contributed by atoms with Gasteiger partial charge in [-0.25, -0.2) is 4.98 Å². The first-order valence-electron chi connectivity index (χ1n) is 7.28. The van der Waals surface area contributed by atoms with Gasteiger partial charge in [-0.2, -0.15) is 0 Å². The summed E-state index contributed by atoms with van der Waals surface area (Å²) in [5.41, 5.74) is 1.89. The van der Waals surface area contributed by atoms with Crippen LogP contribution in [0, 0.1) is 0 Å². The lowest BCUT2D eigenvalue weighted by Crippen LogP contribution is -2.23. The van der Waals surface area contributed by atoms with Crippen LogP contribution < -0.4 is 10.6 Å². The Balaban J connectivity index is 1.91. The Labute approximate surface area is 129 Å². The summed E-state index contributed by atoms with van der Waals surface area (Å²) in [4.78, 5) is 17.6. The lowest BCUT2D eigenvalue weighted by molar-refractivity contribution is 0.0951. The Morgan fingerprint density at radius 2 is 2.14 bits per heavy atom. The zero-order valence-corrected chi connectivity index (χ0v) is 13.3. The molecule has 0 unspecified atom stereocenters. The van der Waals surface area contributed by atoms with Crippen molar-refractivity contribution in [1.29, 1.82) is 0 Å². The van der Waals surface area contributed by atoms with Crippen LogP contribution >= 0.6 is 11.3 Å². The quantitative estimate of drug-likeness (QED) is 0.823. The van der Waals surface area contributed by atoms with Gasteiger partial charge in [0, 0.05) is 17.6 Å². The van der Waals surface area contributed by atoms with Crippen molar-refractivity contribution < 1.29 is 4.79 Å². The largest absolute Gasteiger partial charge is 0.370 e. The third-order valence-corrected chi connectivity index (χ3v) is 4.17. The standard InChI is InChI=1S/C16H21N3OS/c1-3-8-17-15-6-5-13(10-18-15)16(20)19-11-14-12(4-2)7-9-21-14/h5-7,9-10H,3-4,8,11H2,1-2H3,(H,17,18)(H,19,20). The van der Waals surface area contributed by atoms with Crippen molar-refractivity contribution >= 4 is 23.1 Å². The van der Waals surface area contributed by atoms with E-state index in [2.05, 4.69) is 40.9 Å². The number of hydrogen-bond donors (Lipinski definition) is 2. The summed E-state index contributed by atoms with van der Waals surface area (Å²) in [7, 11) is 0. The molecule has 2 aromatic rings. The molecule has 0 radical (unpaired) electrons. The molecule has 21 heavy (non-hydrogen) atoms. The summed E-state index contributed by atoms with van der Waals surface area (Å²) >= 11 is 1.68. The first kappa shape index (κ1) is 15.5. The van der Waals surface area contributed by atoms with E-state index in [9.17, 15) is 4.79 Å². The Morgan fingerprint density at radius 1 is 1.29 bits per heavy atom. The molecule has 2 rings (SSSR count). The molecule has 0 saturated carbocycles. The van der Waals surface area contributed by atoms with Gasteiger partial charge in [0.2, 0.25) is 0 Å². The Bertz CT molecular complexity index is 577. The molecular weight excluding hydrogens is 282 g/mol. The molecule has 2 N–H and O–H groups in total. The van der Waals surface area contributed by atoms with Crippen LogP contribution in [0.5, 0.6) is 0 Å². The molecule has 0 bridgehead atoms. The number of anilines is 1. The number of aromatic nitrogens is 1. The number of rotatable bonds is 7. The van der Waals surface area contributed by atoms with Crippen LogP contribution in [-0.4, -0.2) is 17.4 Å². The van der Waals surface area contributed by atoms with Crippen molar-refractivity contribution in [1.82, 2.24) is 10.3 Å². The number of carbonyl (C=O) groups excluding carboxylic acids is 1. The van der Waals surface area contributed by atoms with Crippen LogP contribution in [0.25, 0.3) is 0 Å². The maximum atomic E-state index is 12.1. The lowest BCUT2D eigenvalue weighted by Gasteiger charge is -2.07. The summed E-state index contributed by atoms with van der Waals surface area (Å²) < 4.78 is 0. The van der Waals surface area contributed by atoms with Crippen molar-refractivity contribution in [3.8, 4) is 0 Å². The molecule has 2 heterocycles. The van der Waals surface area contributed by atoms with Gasteiger partial charge in [-0.05, 0) is 42.0 Å². The van der Waals surface area contributed by atoms with E-state index < -0.39 is 0 Å². The highest BCUT2D eigenvalue weighted by molar-refractivity contribution is 7.10. The van der Waals surface area contributed by atoms with Crippen LogP contribution in [0.4, 0.5) is 5.82 Å². The molecule has 0 fully saturated rings. The van der Waals surface area contributed by atoms with Crippen LogP contribution in [-0.2, 0) is 13.0 Å². The maximum Gasteiger partial charge on any atom is 0.253 e. The van der Waals surface area contributed by atoms with Gasteiger partial charge in [-0.1, -0.05) is 13.8 Å². The van der Waals surface area contributed by atoms with Gasteiger partial charge in [0.1, 0.15) is 5.82 Å². The minimum absolute atomic E-state index is 0.0833. The fourth-order valence-electron chi connectivity index (χ4n) is 1.99. The highest BCUT2D eigenvalue weighted by Gasteiger charge is 2.08. The smallest absolute Gasteiger partial charge is 0.253 e. The van der Waals surface area contributed by atoms with Crippen LogP contribution in [0.15, 0.2) is 29.8 Å². The van der Waals surface area contributed by atoms with Crippen LogP contribution in [0.1, 0.15) is 41.1 Å². The van der Waals surface area contributed by atoms with E-state index in [1.54, 1.807) is 23.6 Å². The van der Waals surface area contributed by atoms with E-state index >= 15 is 0 Å². The summed E-state index contributed by atoms with van der Waals surface area (Å²) in [6, 6.07) is 5.75. The van der Waals surface area contributed by atoms with Crippen LogP contribution in [0.2, 0.25) is 0 Å². The van der Waals surface area contributed by atoms with Crippen molar-refractivity contribution in [2.75, 3.05) is 11.9 Å². The van der Waals surface area contributed by atoms with Gasteiger partial charge in [0.25, 0.3) is 5.91 Å². The van der Waals surface area contributed by atoms with Crippen molar-refractivity contribution in [3.63, 3.8) is 0 Å². The first-order chi connectivity index (χ1) is 10.2. The fourth-order valence-corrected chi connectivity index (χ4v) is 2.90. The number of nitrogens with zero attached hydrogens (tertiary/aromatic N) is 1. The van der Waals surface area contributed by atoms with Gasteiger partial charge in [0.05, 0.1) is 12.1 Å². The summed E-state index contributed by atoms with van der Waals surface area (Å²) in [5, 5.41) is 8.20. The topological polar surface area (TPSA) is 54.0 Å². The first-order valence-corrected chi connectivity index (χ1v) is 8.16. The predicted molar refractivity (Wildman–Crippen MR) is 87.9 cm³/mol. The highest BCUT2D eigenvalue weighted by Crippen LogP contribution is 2.17. The monoisotopic (exact) mass is 303 g/mol. The number of pyridine rings is 1. The van der Waals surface area contributed by atoms with Gasteiger partial charge in [0.15, 0.2) is 0 Å². The molecule has 0 aromatic carbocycles. The number of carbonyl (C=O) groups is 1. The number of amides is 1. The SMILES string of the molecule is CCCNc1ccc(C(=O)NCc2sccc2CC)cn1. The number of aryl methyl sites for hydroxylation is 1. The molecule has 0 aliphatic carbocycles. The minimum Gasteiger partial charge on any atom is -0.370 e. The number of nitrogens with one attached hydrogen (secondary N) is 2. The normalized spacial score (nSPS) is 10.4. The molecule has 1 amide bonds. The molecule has 0 aliphatic rings. The maximum absolute atomic E-state index is 12.1. The highest BCUT2D eigenvalue weighted by atomic mass is 32.1. The summed E-state index contributed by atoms with van der Waals surface area (Å²) in [6.07, 6.45) is 3.65. The second kappa shape index (κ2) is 7.78. The molecule has 0 spiro atoms. The van der Waals surface area contributed by atoms with E-state index in [1.165, 1.54) is 10.4 Å². The zero-order valence-electron chi connectivity index (χ0n) is 12.5. The average molecular weight is 303 g/mol. The Kier molecular flexibility index (Phi) is 5.75. The van der Waals surface area contributed by atoms with Gasteiger partial charge < -0.3 is 10.6 Å². The minimum atomic E-state index is -0.0833. The number of thiophene rings is 1. The van der Waals surface area contributed by atoms with E-state index in [0.29, 0.717) is 12.1 Å². The fraction of sp³-hybridized carbons (Fsp3) is 0.375. The van der Waals surface area contributed by atoms with Crippen molar-refractivity contribution in [2.24, 2.45) is 0 Å². The third kappa shape index (κ3) is 4.29. The molecule has 112 valence electrons. The molecule has 2 aromatic heterocycles. The predicted octanol–water partition coefficient (Wildman–Crippen LogP) is 3.46. The van der Waals surface area contributed by atoms with Gasteiger partial charge >= 0.3 is 0 Å². The van der Waals surface area contributed by atoms with Gasteiger partial charge in [-0.3, -0.25) is 4.79 Å². The molecule has 4 nitrogen and oxygen atoms in total. The van der Waals surface area contributed by atoms with Crippen LogP contribution in [0.3, 0.4) is 0 Å². The second-order valence-corrected chi connectivity index (χ2v) is 5.76. The average Bonchev–Trinajstić information content (AvgIpc) is 2.98. The van der Waals surface area contributed by atoms with Gasteiger partial charge in [-0.15, -0.1) is 11.3 Å². The molecule has 5 heteroatoms. The third-order valence-electron chi connectivity index (χ3n) is 3.21. The molecular formula is C16H21N3OS. The zero-order chi connectivity index (χ0) is 15.1. The Hall–Kier alpha value is -1.88. The molecule has 0 aliphatic heterocycles. The van der Waals surface area contributed by atoms with E-state index in [4.69, 9.17) is 0 Å². The lowest BCUT2D eigenvalue weighted by atomic mass is 10.2. The Morgan fingerprint density at radius 3 is 2.81 bits per heavy atom. The molecule has 0 atom stereocenters. The van der Waals surface area contributed by atoms with Crippen molar-refractivity contribution in [2.45, 2.75) is 33.2 Å². The van der Waals surface area contributed by atoms with E-state index in [0.717, 1.165) is 25.2 Å². The second-order valence-electron chi connectivity index (χ2n) is 4.76. The summed E-state index contributed by atoms with van der Waals surface area (Å²) in [5.74, 6) is 0.722. The van der Waals surface area contributed by atoms with E-state index in [1.807, 2.05) is 6.07 Å². The molecule has 0 saturated heterocycles. The number of hydrogen-bond acceptors (Lipinski definition) is 4. The summed E-state index contributed by atoms with van der Waals surface area (Å²) in [6.45, 7) is 5.69. The van der Waals surface area contributed by atoms with E-state index in [-0.39, 0.29) is 5.91 Å².